The van der Waals surface area contributed by atoms with Crippen LogP contribution in [0.25, 0.3) is 0 Å². The number of guanidine groups is 1. The van der Waals surface area contributed by atoms with Crippen molar-refractivity contribution in [1.82, 2.24) is 15.5 Å². The van der Waals surface area contributed by atoms with Gasteiger partial charge in [0.15, 0.2) is 5.96 Å². The zero-order valence-corrected chi connectivity index (χ0v) is 19.1. The Labute approximate surface area is 171 Å². The number of hydrogen-bond acceptors (Lipinski definition) is 3. The largest absolute Gasteiger partial charge is 0.378 e. The molecule has 25 heavy (non-hydrogen) atoms. The van der Waals surface area contributed by atoms with Gasteiger partial charge in [-0.15, -0.1) is 24.0 Å². The van der Waals surface area contributed by atoms with Gasteiger partial charge >= 0.3 is 0 Å². The molecule has 0 spiro atoms. The van der Waals surface area contributed by atoms with Gasteiger partial charge in [0.05, 0.1) is 6.10 Å². The first kappa shape index (κ1) is 23.0. The van der Waals surface area contributed by atoms with Crippen LogP contribution in [0.4, 0.5) is 0 Å². The monoisotopic (exact) mass is 466 g/mol. The Balaban J connectivity index is 0.00000312. The molecule has 3 unspecified atom stereocenters. The second-order valence-corrected chi connectivity index (χ2v) is 7.64. The van der Waals surface area contributed by atoms with Crippen molar-refractivity contribution in [3.05, 3.63) is 0 Å². The predicted octanol–water partition coefficient (Wildman–Crippen LogP) is 3.24. The normalized spacial score (nSPS) is 25.8. The second kappa shape index (κ2) is 11.6. The van der Waals surface area contributed by atoms with Crippen LogP contribution in [0.1, 0.15) is 60.3 Å². The van der Waals surface area contributed by atoms with Crippen molar-refractivity contribution < 1.29 is 4.74 Å². The van der Waals surface area contributed by atoms with Crippen molar-refractivity contribution in [2.45, 2.75) is 84.5 Å². The number of rotatable bonds is 9. The summed E-state index contributed by atoms with van der Waals surface area (Å²) in [5.41, 5.74) is 0. The molecular weight excluding hydrogens is 427 g/mol. The van der Waals surface area contributed by atoms with Crippen LogP contribution in [0.3, 0.4) is 0 Å². The van der Waals surface area contributed by atoms with Gasteiger partial charge < -0.3 is 15.4 Å². The van der Waals surface area contributed by atoms with Crippen molar-refractivity contribution >= 4 is 29.9 Å². The predicted molar refractivity (Wildman–Crippen MR) is 117 cm³/mol. The molecule has 2 aliphatic rings. The SMILES string of the molecule is CCNC(=NCCC(OCC)C(C)C)NC1CC(C)N(C2CC2)C1.I. The zero-order chi connectivity index (χ0) is 17.5. The molecule has 0 aromatic rings. The molecule has 1 aliphatic heterocycles. The Morgan fingerprint density at radius 3 is 2.56 bits per heavy atom. The molecule has 0 aromatic heterocycles. The standard InChI is InChI=1S/C19H38N4O.HI/c1-6-20-19(21-11-10-18(14(3)4)24-7-2)22-16-12-15(5)23(13-16)17-8-9-17;/h14-18H,6-13H2,1-5H3,(H2,20,21,22);1H. The molecule has 5 nitrogen and oxygen atoms in total. The van der Waals surface area contributed by atoms with Gasteiger partial charge in [0, 0.05) is 44.4 Å². The van der Waals surface area contributed by atoms with Gasteiger partial charge in [0.2, 0.25) is 0 Å². The van der Waals surface area contributed by atoms with Gasteiger partial charge in [-0.25, -0.2) is 0 Å². The fraction of sp³-hybridized carbons (Fsp3) is 0.947. The van der Waals surface area contributed by atoms with E-state index in [1.807, 2.05) is 0 Å². The van der Waals surface area contributed by atoms with Crippen LogP contribution in [0.2, 0.25) is 0 Å². The summed E-state index contributed by atoms with van der Waals surface area (Å²) >= 11 is 0. The van der Waals surface area contributed by atoms with Gasteiger partial charge in [-0.1, -0.05) is 13.8 Å². The van der Waals surface area contributed by atoms with Crippen LogP contribution in [0.5, 0.6) is 0 Å². The lowest BCUT2D eigenvalue weighted by Gasteiger charge is -2.21. The van der Waals surface area contributed by atoms with E-state index >= 15 is 0 Å². The van der Waals surface area contributed by atoms with E-state index in [1.54, 1.807) is 0 Å². The number of nitrogens with one attached hydrogen (secondary N) is 2. The van der Waals surface area contributed by atoms with E-state index in [9.17, 15) is 0 Å². The molecule has 0 aromatic carbocycles. The third kappa shape index (κ3) is 7.59. The van der Waals surface area contributed by atoms with E-state index in [4.69, 9.17) is 9.73 Å². The summed E-state index contributed by atoms with van der Waals surface area (Å²) < 4.78 is 5.82. The average Bonchev–Trinajstić information content (AvgIpc) is 3.30. The van der Waals surface area contributed by atoms with E-state index in [0.29, 0.717) is 24.1 Å². The smallest absolute Gasteiger partial charge is 0.191 e. The minimum Gasteiger partial charge on any atom is -0.378 e. The minimum atomic E-state index is 0. The summed E-state index contributed by atoms with van der Waals surface area (Å²) in [6.07, 6.45) is 5.28. The number of hydrogen-bond donors (Lipinski definition) is 2. The molecule has 1 saturated carbocycles. The summed E-state index contributed by atoms with van der Waals surface area (Å²) in [7, 11) is 0. The highest BCUT2D eigenvalue weighted by Gasteiger charge is 2.38. The average molecular weight is 466 g/mol. The number of likely N-dealkylation sites (tertiary alicyclic amines) is 1. The van der Waals surface area contributed by atoms with Crippen LogP contribution in [-0.2, 0) is 4.74 Å². The number of aliphatic imine (C=N–C) groups is 1. The maximum Gasteiger partial charge on any atom is 0.191 e. The Kier molecular flexibility index (Phi) is 10.6. The lowest BCUT2D eigenvalue weighted by molar-refractivity contribution is 0.0266. The van der Waals surface area contributed by atoms with Crippen molar-refractivity contribution in [1.29, 1.82) is 0 Å². The summed E-state index contributed by atoms with van der Waals surface area (Å²) in [5, 5.41) is 7.05. The van der Waals surface area contributed by atoms with Crippen LogP contribution in [-0.4, -0.2) is 61.3 Å². The summed E-state index contributed by atoms with van der Waals surface area (Å²) in [6, 6.07) is 2.07. The topological polar surface area (TPSA) is 48.9 Å². The highest BCUT2D eigenvalue weighted by molar-refractivity contribution is 14.0. The van der Waals surface area contributed by atoms with Crippen LogP contribution in [0, 0.1) is 5.92 Å². The Hall–Kier alpha value is -0.0800. The highest BCUT2D eigenvalue weighted by atomic mass is 127. The Morgan fingerprint density at radius 1 is 1.28 bits per heavy atom. The lowest BCUT2D eigenvalue weighted by atomic mass is 10.0. The first-order valence-corrected chi connectivity index (χ1v) is 9.97. The fourth-order valence-electron chi connectivity index (χ4n) is 3.72. The maximum absolute atomic E-state index is 5.82. The maximum atomic E-state index is 5.82. The van der Waals surface area contributed by atoms with Gasteiger partial charge in [0.1, 0.15) is 0 Å². The summed E-state index contributed by atoms with van der Waals surface area (Å²) in [5.74, 6) is 1.50. The molecule has 1 aliphatic carbocycles. The number of halogens is 1. The van der Waals surface area contributed by atoms with E-state index in [0.717, 1.165) is 44.7 Å². The molecule has 3 atom stereocenters. The quantitative estimate of drug-likeness (QED) is 0.311. The summed E-state index contributed by atoms with van der Waals surface area (Å²) in [4.78, 5) is 7.46. The van der Waals surface area contributed by atoms with Crippen molar-refractivity contribution in [2.24, 2.45) is 10.9 Å². The Bertz CT molecular complexity index is 401. The zero-order valence-electron chi connectivity index (χ0n) is 16.8. The molecule has 6 heteroatoms. The third-order valence-electron chi connectivity index (χ3n) is 5.13. The molecule has 0 radical (unpaired) electrons. The van der Waals surface area contributed by atoms with E-state index in [1.165, 1.54) is 19.3 Å². The first-order chi connectivity index (χ1) is 11.5. The lowest BCUT2D eigenvalue weighted by Crippen LogP contribution is -2.45. The van der Waals surface area contributed by atoms with E-state index in [-0.39, 0.29) is 24.0 Å². The second-order valence-electron chi connectivity index (χ2n) is 7.64. The molecule has 2 rings (SSSR count). The van der Waals surface area contributed by atoms with E-state index < -0.39 is 0 Å². The van der Waals surface area contributed by atoms with Crippen molar-refractivity contribution in [2.75, 3.05) is 26.2 Å². The van der Waals surface area contributed by atoms with Crippen LogP contribution < -0.4 is 10.6 Å². The molecule has 0 amide bonds. The molecule has 0 bridgehead atoms. The molecule has 1 saturated heterocycles. The third-order valence-corrected chi connectivity index (χ3v) is 5.13. The molecule has 148 valence electrons. The van der Waals surface area contributed by atoms with Gasteiger partial charge in [-0.3, -0.25) is 9.89 Å². The fourth-order valence-corrected chi connectivity index (χ4v) is 3.72. The minimum absolute atomic E-state index is 0. The van der Waals surface area contributed by atoms with Crippen molar-refractivity contribution in [3.8, 4) is 0 Å². The summed E-state index contributed by atoms with van der Waals surface area (Å²) in [6.45, 7) is 14.6. The Morgan fingerprint density at radius 2 is 2.00 bits per heavy atom. The molecular formula is C19H39IN4O. The van der Waals surface area contributed by atoms with E-state index in [2.05, 4.69) is 50.2 Å². The van der Waals surface area contributed by atoms with Gasteiger partial charge in [-0.2, -0.15) is 0 Å². The molecule has 2 fully saturated rings. The van der Waals surface area contributed by atoms with Crippen molar-refractivity contribution in [3.63, 3.8) is 0 Å². The van der Waals surface area contributed by atoms with Crippen LogP contribution in [0.15, 0.2) is 4.99 Å². The first-order valence-electron chi connectivity index (χ1n) is 9.97. The molecule has 1 heterocycles. The highest BCUT2D eigenvalue weighted by Crippen LogP contribution is 2.33. The molecule has 2 N–H and O–H groups in total. The number of ether oxygens (including phenoxy) is 1. The van der Waals surface area contributed by atoms with Gasteiger partial charge in [0.25, 0.3) is 0 Å². The van der Waals surface area contributed by atoms with Gasteiger partial charge in [-0.05, 0) is 52.4 Å². The number of nitrogens with zero attached hydrogens (tertiary/aromatic N) is 2. The van der Waals surface area contributed by atoms with Crippen LogP contribution >= 0.6 is 24.0 Å².